The summed E-state index contributed by atoms with van der Waals surface area (Å²) in [7, 11) is 0. The molecule has 9 heavy (non-hydrogen) atoms. The van der Waals surface area contributed by atoms with Crippen LogP contribution in [0.5, 0.6) is 0 Å². The van der Waals surface area contributed by atoms with Gasteiger partial charge in [-0.25, -0.2) is 0 Å². The van der Waals surface area contributed by atoms with E-state index in [4.69, 9.17) is 5.73 Å². The Bertz CT molecular complexity index is 83.4. The van der Waals surface area contributed by atoms with E-state index in [2.05, 4.69) is 6.26 Å². The van der Waals surface area contributed by atoms with E-state index < -0.39 is 0 Å². The third-order valence-corrected chi connectivity index (χ3v) is 3.78. The summed E-state index contributed by atoms with van der Waals surface area (Å²) in [4.78, 5) is 0. The molecular formula is C7H15NS. The molecule has 1 aliphatic rings. The zero-order valence-corrected chi connectivity index (χ0v) is 6.84. The van der Waals surface area contributed by atoms with E-state index in [1.54, 1.807) is 0 Å². The Kier molecular flexibility index (Phi) is 2.42. The topological polar surface area (TPSA) is 26.0 Å². The Morgan fingerprint density at radius 3 is 2.33 bits per heavy atom. The number of nitrogens with two attached hydrogens (primary N) is 1. The zero-order chi connectivity index (χ0) is 6.74. The fourth-order valence-corrected chi connectivity index (χ4v) is 2.41. The fraction of sp³-hybridized carbons (Fsp3) is 1.00. The summed E-state index contributed by atoms with van der Waals surface area (Å²) in [5.74, 6) is 0. The van der Waals surface area contributed by atoms with Crippen LogP contribution < -0.4 is 5.73 Å². The fourth-order valence-electron chi connectivity index (χ4n) is 1.39. The summed E-state index contributed by atoms with van der Waals surface area (Å²) in [6.45, 7) is 0.862. The third-order valence-electron chi connectivity index (χ3n) is 2.30. The quantitative estimate of drug-likeness (QED) is 0.653. The van der Waals surface area contributed by atoms with Crippen LogP contribution >= 0.6 is 11.8 Å². The molecular weight excluding hydrogens is 130 g/mol. The van der Waals surface area contributed by atoms with Gasteiger partial charge in [-0.15, -0.1) is 0 Å². The highest BCUT2D eigenvalue weighted by molar-refractivity contribution is 8.00. The molecule has 0 radical (unpaired) electrons. The molecule has 1 saturated carbocycles. The monoisotopic (exact) mass is 145 g/mol. The van der Waals surface area contributed by atoms with E-state index in [-0.39, 0.29) is 0 Å². The van der Waals surface area contributed by atoms with Gasteiger partial charge >= 0.3 is 0 Å². The van der Waals surface area contributed by atoms with E-state index in [0.717, 1.165) is 6.54 Å². The highest BCUT2D eigenvalue weighted by Crippen LogP contribution is 2.44. The van der Waals surface area contributed by atoms with Crippen molar-refractivity contribution in [2.45, 2.75) is 30.4 Å². The predicted molar refractivity (Wildman–Crippen MR) is 43.8 cm³/mol. The molecule has 0 atom stereocenters. The molecule has 2 N–H and O–H groups in total. The standard InChI is InChI=1S/C7H15NS/c1-9-7(5-6-8)3-2-4-7/h2-6,8H2,1H3. The van der Waals surface area contributed by atoms with Crippen LogP contribution in [-0.2, 0) is 0 Å². The van der Waals surface area contributed by atoms with Crippen molar-refractivity contribution >= 4 is 11.8 Å². The molecule has 0 saturated heterocycles. The van der Waals surface area contributed by atoms with Crippen LogP contribution in [0.3, 0.4) is 0 Å². The molecule has 0 aromatic carbocycles. The highest BCUT2D eigenvalue weighted by atomic mass is 32.2. The Hall–Kier alpha value is 0.310. The van der Waals surface area contributed by atoms with Gasteiger partial charge in [0.05, 0.1) is 0 Å². The number of hydrogen-bond donors (Lipinski definition) is 1. The number of hydrogen-bond acceptors (Lipinski definition) is 2. The molecule has 1 fully saturated rings. The highest BCUT2D eigenvalue weighted by Gasteiger charge is 2.34. The first-order valence-corrected chi connectivity index (χ1v) is 4.81. The van der Waals surface area contributed by atoms with Gasteiger partial charge in [0.25, 0.3) is 0 Å². The third kappa shape index (κ3) is 1.41. The predicted octanol–water partition coefficient (Wildman–Crippen LogP) is 1.62. The Morgan fingerprint density at radius 2 is 2.22 bits per heavy atom. The van der Waals surface area contributed by atoms with Gasteiger partial charge in [0.2, 0.25) is 0 Å². The Labute approximate surface area is 61.4 Å². The molecule has 54 valence electrons. The zero-order valence-electron chi connectivity index (χ0n) is 6.02. The van der Waals surface area contributed by atoms with Crippen LogP contribution in [0.2, 0.25) is 0 Å². The van der Waals surface area contributed by atoms with Crippen LogP contribution in [0.4, 0.5) is 0 Å². The van der Waals surface area contributed by atoms with Crippen LogP contribution in [-0.4, -0.2) is 17.5 Å². The molecule has 1 aliphatic carbocycles. The number of rotatable bonds is 3. The maximum atomic E-state index is 5.49. The summed E-state index contributed by atoms with van der Waals surface area (Å²) >= 11 is 2.00. The average molecular weight is 145 g/mol. The van der Waals surface area contributed by atoms with Gasteiger partial charge in [-0.1, -0.05) is 6.42 Å². The summed E-state index contributed by atoms with van der Waals surface area (Å²) < 4.78 is 0.606. The van der Waals surface area contributed by atoms with Crippen molar-refractivity contribution in [2.24, 2.45) is 5.73 Å². The molecule has 0 aromatic heterocycles. The lowest BCUT2D eigenvalue weighted by molar-refractivity contribution is 0.347. The van der Waals surface area contributed by atoms with Crippen LogP contribution in [0.15, 0.2) is 0 Å². The molecule has 1 nitrogen and oxygen atoms in total. The molecule has 0 heterocycles. The smallest absolute Gasteiger partial charge is 0.0169 e. The van der Waals surface area contributed by atoms with Crippen molar-refractivity contribution in [3.8, 4) is 0 Å². The van der Waals surface area contributed by atoms with Gasteiger partial charge in [0, 0.05) is 4.75 Å². The first-order chi connectivity index (χ1) is 4.33. The Balaban J connectivity index is 2.28. The lowest BCUT2D eigenvalue weighted by atomic mass is 9.82. The molecule has 0 unspecified atom stereocenters. The summed E-state index contributed by atoms with van der Waals surface area (Å²) in [6.07, 6.45) is 7.63. The van der Waals surface area contributed by atoms with Gasteiger partial charge in [-0.05, 0) is 32.1 Å². The van der Waals surface area contributed by atoms with Gasteiger partial charge in [-0.3, -0.25) is 0 Å². The molecule has 0 aromatic rings. The maximum absolute atomic E-state index is 5.49. The SMILES string of the molecule is CSC1(CCN)CCC1. The first-order valence-electron chi connectivity index (χ1n) is 3.58. The second kappa shape index (κ2) is 2.93. The minimum atomic E-state index is 0.606. The van der Waals surface area contributed by atoms with Crippen molar-refractivity contribution < 1.29 is 0 Å². The summed E-state index contributed by atoms with van der Waals surface area (Å²) in [6, 6.07) is 0. The van der Waals surface area contributed by atoms with Crippen LogP contribution in [0, 0.1) is 0 Å². The van der Waals surface area contributed by atoms with E-state index >= 15 is 0 Å². The van der Waals surface area contributed by atoms with E-state index in [0.29, 0.717) is 4.75 Å². The van der Waals surface area contributed by atoms with Crippen molar-refractivity contribution in [2.75, 3.05) is 12.8 Å². The Morgan fingerprint density at radius 1 is 1.56 bits per heavy atom. The van der Waals surface area contributed by atoms with Crippen LogP contribution in [0.25, 0.3) is 0 Å². The van der Waals surface area contributed by atoms with Crippen LogP contribution in [0.1, 0.15) is 25.7 Å². The second-order valence-electron chi connectivity index (χ2n) is 2.78. The normalized spacial score (nSPS) is 23.3. The molecule has 0 amide bonds. The molecule has 0 aliphatic heterocycles. The lowest BCUT2D eigenvalue weighted by Crippen LogP contribution is -2.35. The summed E-state index contributed by atoms with van der Waals surface area (Å²) in [5, 5.41) is 0. The molecule has 0 bridgehead atoms. The van der Waals surface area contributed by atoms with Gasteiger partial charge in [0.1, 0.15) is 0 Å². The lowest BCUT2D eigenvalue weighted by Gasteiger charge is -2.40. The maximum Gasteiger partial charge on any atom is 0.0169 e. The average Bonchev–Trinajstić information content (AvgIpc) is 1.79. The van der Waals surface area contributed by atoms with Crippen molar-refractivity contribution in [3.05, 3.63) is 0 Å². The first kappa shape index (κ1) is 7.42. The van der Waals surface area contributed by atoms with E-state index in [1.807, 2.05) is 11.8 Å². The van der Waals surface area contributed by atoms with Crippen molar-refractivity contribution in [1.29, 1.82) is 0 Å². The van der Waals surface area contributed by atoms with E-state index in [9.17, 15) is 0 Å². The molecule has 0 spiro atoms. The van der Waals surface area contributed by atoms with E-state index in [1.165, 1.54) is 25.7 Å². The summed E-state index contributed by atoms with van der Waals surface area (Å²) in [5.41, 5.74) is 5.49. The van der Waals surface area contributed by atoms with Gasteiger partial charge < -0.3 is 5.73 Å². The second-order valence-corrected chi connectivity index (χ2v) is 4.05. The van der Waals surface area contributed by atoms with Crippen molar-refractivity contribution in [3.63, 3.8) is 0 Å². The molecule has 2 heteroatoms. The van der Waals surface area contributed by atoms with Crippen molar-refractivity contribution in [1.82, 2.24) is 0 Å². The van der Waals surface area contributed by atoms with Gasteiger partial charge in [-0.2, -0.15) is 11.8 Å². The number of thioether (sulfide) groups is 1. The molecule has 1 rings (SSSR count). The minimum Gasteiger partial charge on any atom is -0.330 e. The van der Waals surface area contributed by atoms with Gasteiger partial charge in [0.15, 0.2) is 0 Å². The minimum absolute atomic E-state index is 0.606. The largest absolute Gasteiger partial charge is 0.330 e.